The van der Waals surface area contributed by atoms with Crippen LogP contribution in [0.5, 0.6) is 0 Å². The number of carbonyl (C=O) groups excluding carboxylic acids is 1. The minimum absolute atomic E-state index is 0.0249. The van der Waals surface area contributed by atoms with E-state index in [-0.39, 0.29) is 10.0 Å². The maximum Gasteiger partial charge on any atom is 0.202 e. The number of rotatable bonds is 2. The lowest BCUT2D eigenvalue weighted by Gasteiger charge is -2.04. The van der Waals surface area contributed by atoms with E-state index < -0.39 is 23.0 Å². The van der Waals surface area contributed by atoms with Gasteiger partial charge in [0.05, 0.1) is 33.5 Å². The molecule has 3 rings (SSSR count). The van der Waals surface area contributed by atoms with E-state index in [9.17, 15) is 13.6 Å². The Morgan fingerprint density at radius 2 is 2.05 bits per heavy atom. The van der Waals surface area contributed by atoms with E-state index in [1.807, 2.05) is 0 Å². The van der Waals surface area contributed by atoms with E-state index in [4.69, 9.17) is 0 Å². The predicted molar refractivity (Wildman–Crippen MR) is 70.5 cm³/mol. The Labute approximate surface area is 120 Å². The molecule has 0 atom stereocenters. The van der Waals surface area contributed by atoms with Crippen molar-refractivity contribution < 1.29 is 13.6 Å². The molecule has 0 fully saturated rings. The lowest BCUT2D eigenvalue weighted by molar-refractivity contribution is 0.103. The highest BCUT2D eigenvalue weighted by Crippen LogP contribution is 2.25. The molecule has 3 aromatic rings. The summed E-state index contributed by atoms with van der Waals surface area (Å²) >= 11 is 2.93. The van der Waals surface area contributed by atoms with Gasteiger partial charge in [0, 0.05) is 12.4 Å². The van der Waals surface area contributed by atoms with Crippen LogP contribution in [-0.2, 0) is 0 Å². The van der Waals surface area contributed by atoms with Gasteiger partial charge in [-0.25, -0.2) is 13.3 Å². The van der Waals surface area contributed by atoms with Crippen molar-refractivity contribution in [3.05, 3.63) is 64.2 Å². The first-order valence-electron chi connectivity index (χ1n) is 5.55. The molecule has 4 nitrogen and oxygen atoms in total. The van der Waals surface area contributed by atoms with Gasteiger partial charge in [-0.2, -0.15) is 5.10 Å². The number of ketones is 1. The molecule has 2 heterocycles. The van der Waals surface area contributed by atoms with Crippen LogP contribution in [0.1, 0.15) is 15.9 Å². The number of fused-ring (bicyclic) bond motifs is 1. The number of nitrogens with zero attached hydrogens (tertiary/aromatic N) is 3. The third kappa shape index (κ3) is 1.90. The Morgan fingerprint density at radius 3 is 2.85 bits per heavy atom. The van der Waals surface area contributed by atoms with Gasteiger partial charge in [0.1, 0.15) is 5.82 Å². The van der Waals surface area contributed by atoms with Crippen molar-refractivity contribution >= 4 is 27.2 Å². The largest absolute Gasteiger partial charge is 0.288 e. The average molecular weight is 338 g/mol. The van der Waals surface area contributed by atoms with Crippen LogP contribution in [0.2, 0.25) is 0 Å². The molecule has 0 saturated carbocycles. The molecule has 0 N–H and O–H groups in total. The Balaban J connectivity index is 2.21. The SMILES string of the molecule is O=C(c1c(F)ccc(Br)c1F)c1cnn2ccncc12. The zero-order chi connectivity index (χ0) is 14.3. The summed E-state index contributed by atoms with van der Waals surface area (Å²) in [7, 11) is 0. The van der Waals surface area contributed by atoms with Crippen molar-refractivity contribution in [2.75, 3.05) is 0 Å². The lowest BCUT2D eigenvalue weighted by Crippen LogP contribution is -2.08. The van der Waals surface area contributed by atoms with E-state index in [1.54, 1.807) is 6.20 Å². The Hall–Kier alpha value is -2.15. The Kier molecular flexibility index (Phi) is 3.06. The van der Waals surface area contributed by atoms with Gasteiger partial charge in [-0.05, 0) is 28.1 Å². The third-order valence-electron chi connectivity index (χ3n) is 2.84. The van der Waals surface area contributed by atoms with Gasteiger partial charge in [-0.15, -0.1) is 0 Å². The van der Waals surface area contributed by atoms with Crippen molar-refractivity contribution in [2.45, 2.75) is 0 Å². The second-order valence-corrected chi connectivity index (χ2v) is 4.87. The first-order valence-corrected chi connectivity index (χ1v) is 6.34. The molecule has 1 aromatic carbocycles. The maximum absolute atomic E-state index is 14.0. The topological polar surface area (TPSA) is 47.3 Å². The van der Waals surface area contributed by atoms with E-state index in [2.05, 4.69) is 26.0 Å². The molecule has 0 amide bonds. The summed E-state index contributed by atoms with van der Waals surface area (Å²) in [6, 6.07) is 2.24. The summed E-state index contributed by atoms with van der Waals surface area (Å²) in [6.45, 7) is 0. The van der Waals surface area contributed by atoms with Gasteiger partial charge in [-0.1, -0.05) is 0 Å². The van der Waals surface area contributed by atoms with Gasteiger partial charge < -0.3 is 0 Å². The van der Waals surface area contributed by atoms with E-state index in [1.165, 1.54) is 29.2 Å². The van der Waals surface area contributed by atoms with Crippen LogP contribution in [0.4, 0.5) is 8.78 Å². The molecule has 20 heavy (non-hydrogen) atoms. The predicted octanol–water partition coefficient (Wildman–Crippen LogP) is 3.00. The molecule has 2 aromatic heterocycles. The summed E-state index contributed by atoms with van der Waals surface area (Å²) < 4.78 is 29.1. The van der Waals surface area contributed by atoms with Crippen LogP contribution in [0.15, 0.2) is 41.4 Å². The van der Waals surface area contributed by atoms with Crippen LogP contribution in [0, 0.1) is 11.6 Å². The highest BCUT2D eigenvalue weighted by molar-refractivity contribution is 9.10. The van der Waals surface area contributed by atoms with E-state index >= 15 is 0 Å². The van der Waals surface area contributed by atoms with Crippen LogP contribution >= 0.6 is 15.9 Å². The lowest BCUT2D eigenvalue weighted by atomic mass is 10.0. The van der Waals surface area contributed by atoms with Crippen molar-refractivity contribution in [3.63, 3.8) is 0 Å². The van der Waals surface area contributed by atoms with Gasteiger partial charge >= 0.3 is 0 Å². The standard InChI is InChI=1S/C13H6BrF2N3O/c14-8-1-2-9(15)11(12(8)16)13(20)7-5-18-19-4-3-17-6-10(7)19/h1-6H. The monoisotopic (exact) mass is 337 g/mol. The molecule has 100 valence electrons. The second-order valence-electron chi connectivity index (χ2n) is 4.01. The summed E-state index contributed by atoms with van der Waals surface area (Å²) in [5.41, 5.74) is -0.136. The summed E-state index contributed by atoms with van der Waals surface area (Å²) in [5, 5.41) is 3.95. The van der Waals surface area contributed by atoms with Gasteiger partial charge in [0.25, 0.3) is 0 Å². The molecular weight excluding hydrogens is 332 g/mol. The van der Waals surface area contributed by atoms with Crippen molar-refractivity contribution in [3.8, 4) is 0 Å². The molecule has 0 aliphatic carbocycles. The number of halogens is 3. The number of hydrogen-bond donors (Lipinski definition) is 0. The summed E-state index contributed by atoms with van der Waals surface area (Å²) in [4.78, 5) is 16.2. The normalized spacial score (nSPS) is 10.9. The minimum Gasteiger partial charge on any atom is -0.288 e. The zero-order valence-corrected chi connectivity index (χ0v) is 11.4. The highest BCUT2D eigenvalue weighted by Gasteiger charge is 2.23. The fraction of sp³-hybridized carbons (Fsp3) is 0. The average Bonchev–Trinajstić information content (AvgIpc) is 2.87. The summed E-state index contributed by atoms with van der Waals surface area (Å²) in [6.07, 6.45) is 5.71. The summed E-state index contributed by atoms with van der Waals surface area (Å²) in [5.74, 6) is -2.62. The number of benzene rings is 1. The third-order valence-corrected chi connectivity index (χ3v) is 3.45. The maximum atomic E-state index is 14.0. The number of aromatic nitrogens is 3. The quantitative estimate of drug-likeness (QED) is 0.533. The molecule has 0 bridgehead atoms. The van der Waals surface area contributed by atoms with Crippen LogP contribution in [0.3, 0.4) is 0 Å². The molecule has 0 unspecified atom stereocenters. The van der Waals surface area contributed by atoms with Crippen molar-refractivity contribution in [1.29, 1.82) is 0 Å². The fourth-order valence-corrected chi connectivity index (χ4v) is 2.21. The van der Waals surface area contributed by atoms with Gasteiger partial charge in [-0.3, -0.25) is 9.78 Å². The van der Waals surface area contributed by atoms with E-state index in [0.29, 0.717) is 5.52 Å². The smallest absolute Gasteiger partial charge is 0.202 e. The number of hydrogen-bond acceptors (Lipinski definition) is 3. The van der Waals surface area contributed by atoms with Gasteiger partial charge in [0.15, 0.2) is 5.82 Å². The van der Waals surface area contributed by atoms with Crippen molar-refractivity contribution in [2.24, 2.45) is 0 Å². The van der Waals surface area contributed by atoms with Crippen LogP contribution in [-0.4, -0.2) is 20.4 Å². The fourth-order valence-electron chi connectivity index (χ4n) is 1.88. The molecule has 0 spiro atoms. The van der Waals surface area contributed by atoms with Crippen LogP contribution in [0.25, 0.3) is 5.52 Å². The molecular formula is C13H6BrF2N3O. The first-order chi connectivity index (χ1) is 9.59. The second kappa shape index (κ2) is 4.75. The molecule has 7 heteroatoms. The first kappa shape index (κ1) is 12.9. The van der Waals surface area contributed by atoms with Crippen LogP contribution < -0.4 is 0 Å². The van der Waals surface area contributed by atoms with Crippen molar-refractivity contribution in [1.82, 2.24) is 14.6 Å². The van der Waals surface area contributed by atoms with E-state index in [0.717, 1.165) is 6.07 Å². The Morgan fingerprint density at radius 1 is 1.25 bits per heavy atom. The minimum atomic E-state index is -0.932. The Bertz CT molecular complexity index is 832. The molecule has 0 radical (unpaired) electrons. The zero-order valence-electron chi connectivity index (χ0n) is 9.85. The van der Waals surface area contributed by atoms with Gasteiger partial charge in [0.2, 0.25) is 5.78 Å². The molecule has 0 aliphatic heterocycles. The number of carbonyl (C=O) groups is 1. The molecule has 0 saturated heterocycles. The highest BCUT2D eigenvalue weighted by atomic mass is 79.9. The molecule has 0 aliphatic rings.